The summed E-state index contributed by atoms with van der Waals surface area (Å²) in [7, 11) is 0. The number of rotatable bonds is 7. The zero-order valence-electron chi connectivity index (χ0n) is 11.1. The van der Waals surface area contributed by atoms with Gasteiger partial charge >= 0.3 is 0 Å². The van der Waals surface area contributed by atoms with Crippen molar-refractivity contribution < 1.29 is 4.74 Å². The van der Waals surface area contributed by atoms with Crippen molar-refractivity contribution in [3.05, 3.63) is 52.2 Å². The molecule has 0 aliphatic heterocycles. The Balaban J connectivity index is 2.09. The highest BCUT2D eigenvalue weighted by atomic mass is 32.1. The minimum atomic E-state index is 0.111. The lowest BCUT2D eigenvalue weighted by atomic mass is 10.0. The Kier molecular flexibility index (Phi) is 5.39. The maximum absolute atomic E-state index is 5.68. The molecule has 3 N–H and O–H groups in total. The number of nitrogens with two attached hydrogens (primary N) is 1. The Morgan fingerprint density at radius 1 is 1.37 bits per heavy atom. The SMILES string of the molecule is CCCOc1cccc(C(Cc2ccsc2)NN)c1. The van der Waals surface area contributed by atoms with Crippen molar-refractivity contribution in [1.29, 1.82) is 0 Å². The van der Waals surface area contributed by atoms with Gasteiger partial charge in [0.1, 0.15) is 5.75 Å². The number of nitrogens with one attached hydrogen (secondary N) is 1. The molecule has 0 bridgehead atoms. The summed E-state index contributed by atoms with van der Waals surface area (Å²) < 4.78 is 5.66. The van der Waals surface area contributed by atoms with E-state index in [1.54, 1.807) is 11.3 Å². The Morgan fingerprint density at radius 2 is 2.26 bits per heavy atom. The van der Waals surface area contributed by atoms with Crippen molar-refractivity contribution in [2.75, 3.05) is 6.61 Å². The van der Waals surface area contributed by atoms with Crippen LogP contribution in [0.25, 0.3) is 0 Å². The molecule has 1 aromatic carbocycles. The minimum absolute atomic E-state index is 0.111. The van der Waals surface area contributed by atoms with Gasteiger partial charge in [-0.1, -0.05) is 19.1 Å². The van der Waals surface area contributed by atoms with Gasteiger partial charge in [-0.25, -0.2) is 0 Å². The second-order valence-electron chi connectivity index (χ2n) is 4.48. The third kappa shape index (κ3) is 4.06. The van der Waals surface area contributed by atoms with Gasteiger partial charge < -0.3 is 4.74 Å². The molecule has 2 rings (SSSR count). The number of hydrogen-bond donors (Lipinski definition) is 2. The fraction of sp³-hybridized carbons (Fsp3) is 0.333. The smallest absolute Gasteiger partial charge is 0.119 e. The van der Waals surface area contributed by atoms with Crippen LogP contribution in [0.3, 0.4) is 0 Å². The van der Waals surface area contributed by atoms with Crippen LogP contribution in [-0.4, -0.2) is 6.61 Å². The van der Waals surface area contributed by atoms with E-state index in [1.165, 1.54) is 5.56 Å². The predicted molar refractivity (Wildman–Crippen MR) is 80.3 cm³/mol. The fourth-order valence-corrected chi connectivity index (χ4v) is 2.64. The van der Waals surface area contributed by atoms with E-state index in [1.807, 2.05) is 12.1 Å². The summed E-state index contributed by atoms with van der Waals surface area (Å²) in [6, 6.07) is 10.4. The Hall–Kier alpha value is -1.36. The van der Waals surface area contributed by atoms with Crippen molar-refractivity contribution in [1.82, 2.24) is 5.43 Å². The molecule has 0 saturated heterocycles. The minimum Gasteiger partial charge on any atom is -0.494 e. The number of hydrazine groups is 1. The molecule has 0 aliphatic rings. The van der Waals surface area contributed by atoms with Crippen molar-refractivity contribution in [2.24, 2.45) is 5.84 Å². The summed E-state index contributed by atoms with van der Waals surface area (Å²) in [6.07, 6.45) is 1.90. The summed E-state index contributed by atoms with van der Waals surface area (Å²) in [4.78, 5) is 0. The lowest BCUT2D eigenvalue weighted by molar-refractivity contribution is 0.316. The molecule has 19 heavy (non-hydrogen) atoms. The Morgan fingerprint density at radius 3 is 2.95 bits per heavy atom. The first-order chi connectivity index (χ1) is 9.33. The first kappa shape index (κ1) is 14.1. The van der Waals surface area contributed by atoms with Crippen LogP contribution >= 0.6 is 11.3 Å². The highest BCUT2D eigenvalue weighted by molar-refractivity contribution is 7.07. The molecule has 1 heterocycles. The Labute approximate surface area is 118 Å². The number of hydrogen-bond acceptors (Lipinski definition) is 4. The van der Waals surface area contributed by atoms with Crippen molar-refractivity contribution >= 4 is 11.3 Å². The Bertz CT molecular complexity index is 485. The first-order valence-electron chi connectivity index (χ1n) is 6.53. The van der Waals surface area contributed by atoms with Crippen LogP contribution in [0.2, 0.25) is 0 Å². The van der Waals surface area contributed by atoms with E-state index in [4.69, 9.17) is 10.6 Å². The summed E-state index contributed by atoms with van der Waals surface area (Å²) in [6.45, 7) is 2.85. The molecule has 4 heteroatoms. The van der Waals surface area contributed by atoms with E-state index in [-0.39, 0.29) is 6.04 Å². The molecule has 1 atom stereocenters. The third-order valence-corrected chi connectivity index (χ3v) is 3.69. The second kappa shape index (κ2) is 7.28. The summed E-state index contributed by atoms with van der Waals surface area (Å²) in [5, 5.41) is 4.24. The fourth-order valence-electron chi connectivity index (χ4n) is 1.96. The van der Waals surface area contributed by atoms with Crippen molar-refractivity contribution in [3.8, 4) is 5.75 Å². The molecule has 102 valence electrons. The highest BCUT2D eigenvalue weighted by Gasteiger charge is 2.11. The molecule has 1 unspecified atom stereocenters. The van der Waals surface area contributed by atoms with Crippen LogP contribution in [0.4, 0.5) is 0 Å². The van der Waals surface area contributed by atoms with E-state index < -0.39 is 0 Å². The van der Waals surface area contributed by atoms with Gasteiger partial charge in [-0.05, 0) is 52.9 Å². The third-order valence-electron chi connectivity index (χ3n) is 2.95. The number of benzene rings is 1. The lowest BCUT2D eigenvalue weighted by Crippen LogP contribution is -2.29. The molecule has 0 fully saturated rings. The molecule has 3 nitrogen and oxygen atoms in total. The van der Waals surface area contributed by atoms with Gasteiger partial charge in [0.05, 0.1) is 12.6 Å². The van der Waals surface area contributed by atoms with Crippen LogP contribution in [0, 0.1) is 0 Å². The number of ether oxygens (including phenoxy) is 1. The quantitative estimate of drug-likeness (QED) is 0.602. The normalized spacial score (nSPS) is 12.3. The van der Waals surface area contributed by atoms with E-state index in [0.29, 0.717) is 0 Å². The van der Waals surface area contributed by atoms with Crippen LogP contribution in [0.15, 0.2) is 41.1 Å². The van der Waals surface area contributed by atoms with E-state index >= 15 is 0 Å². The van der Waals surface area contributed by atoms with Gasteiger partial charge in [-0.15, -0.1) is 0 Å². The van der Waals surface area contributed by atoms with Gasteiger partial charge in [-0.2, -0.15) is 11.3 Å². The average Bonchev–Trinajstić information content (AvgIpc) is 2.96. The highest BCUT2D eigenvalue weighted by Crippen LogP contribution is 2.23. The molecule has 0 amide bonds. The van der Waals surface area contributed by atoms with Gasteiger partial charge in [0, 0.05) is 0 Å². The first-order valence-corrected chi connectivity index (χ1v) is 7.47. The van der Waals surface area contributed by atoms with Crippen molar-refractivity contribution in [3.63, 3.8) is 0 Å². The van der Waals surface area contributed by atoms with Crippen LogP contribution in [0.1, 0.15) is 30.5 Å². The average molecular weight is 276 g/mol. The van der Waals surface area contributed by atoms with Gasteiger partial charge in [0.25, 0.3) is 0 Å². The molecule has 0 saturated carbocycles. The standard InChI is InChI=1S/C15H20N2OS/c1-2-7-18-14-5-3-4-13(10-14)15(17-16)9-12-6-8-19-11-12/h3-6,8,10-11,15,17H,2,7,9,16H2,1H3. The topological polar surface area (TPSA) is 47.3 Å². The van der Waals surface area contributed by atoms with Crippen LogP contribution < -0.4 is 16.0 Å². The predicted octanol–water partition coefficient (Wildman–Crippen LogP) is 3.28. The molecule has 1 aromatic heterocycles. The molecule has 0 spiro atoms. The molecule has 2 aromatic rings. The summed E-state index contributed by atoms with van der Waals surface area (Å²) >= 11 is 1.71. The largest absolute Gasteiger partial charge is 0.494 e. The maximum atomic E-state index is 5.68. The second-order valence-corrected chi connectivity index (χ2v) is 5.26. The molecule has 0 radical (unpaired) electrons. The monoisotopic (exact) mass is 276 g/mol. The van der Waals surface area contributed by atoms with E-state index in [2.05, 4.69) is 41.3 Å². The summed E-state index contributed by atoms with van der Waals surface area (Å²) in [5.41, 5.74) is 5.34. The van der Waals surface area contributed by atoms with Gasteiger partial charge in [0.2, 0.25) is 0 Å². The van der Waals surface area contributed by atoms with Crippen LogP contribution in [0.5, 0.6) is 5.75 Å². The van der Waals surface area contributed by atoms with Crippen LogP contribution in [-0.2, 0) is 6.42 Å². The van der Waals surface area contributed by atoms with E-state index in [9.17, 15) is 0 Å². The number of thiophene rings is 1. The molecular weight excluding hydrogens is 256 g/mol. The lowest BCUT2D eigenvalue weighted by Gasteiger charge is -2.16. The van der Waals surface area contributed by atoms with Gasteiger partial charge in [0.15, 0.2) is 0 Å². The maximum Gasteiger partial charge on any atom is 0.119 e. The van der Waals surface area contributed by atoms with E-state index in [0.717, 1.165) is 30.8 Å². The van der Waals surface area contributed by atoms with Crippen molar-refractivity contribution in [2.45, 2.75) is 25.8 Å². The summed E-state index contributed by atoms with van der Waals surface area (Å²) in [5.74, 6) is 6.59. The van der Waals surface area contributed by atoms with Gasteiger partial charge in [-0.3, -0.25) is 11.3 Å². The zero-order valence-corrected chi connectivity index (χ0v) is 12.0. The zero-order chi connectivity index (χ0) is 13.5. The molecular formula is C15H20N2OS. The molecule has 0 aliphatic carbocycles.